The van der Waals surface area contributed by atoms with Crippen LogP contribution in [-0.4, -0.2) is 42.1 Å². The zero-order valence-electron chi connectivity index (χ0n) is 17.3. The number of esters is 1. The van der Waals surface area contributed by atoms with Crippen LogP contribution in [0.2, 0.25) is 0 Å². The van der Waals surface area contributed by atoms with Crippen LogP contribution in [-0.2, 0) is 16.1 Å². The molecule has 1 heterocycles. The standard InChI is InChI=1S/C23H24N2O4S/c1-4-24-23-25(5-2)21(26)20(30-23)14-17-7-6-8-19(13-17)29-15-16-9-11-18(12-10-16)22(27)28-3/h6-14H,4-5,15H2,1-3H3. The van der Waals surface area contributed by atoms with Crippen molar-refractivity contribution in [1.29, 1.82) is 0 Å². The second kappa shape index (κ2) is 10.1. The third-order valence-corrected chi connectivity index (χ3v) is 5.48. The molecule has 3 rings (SSSR count). The Kier molecular flexibility index (Phi) is 7.30. The van der Waals surface area contributed by atoms with Crippen molar-refractivity contribution in [1.82, 2.24) is 4.90 Å². The van der Waals surface area contributed by atoms with E-state index in [1.165, 1.54) is 18.9 Å². The molecule has 0 atom stereocenters. The van der Waals surface area contributed by atoms with E-state index >= 15 is 0 Å². The molecule has 7 heteroatoms. The zero-order valence-corrected chi connectivity index (χ0v) is 18.1. The first kappa shape index (κ1) is 21.6. The van der Waals surface area contributed by atoms with E-state index in [0.29, 0.717) is 35.9 Å². The summed E-state index contributed by atoms with van der Waals surface area (Å²) < 4.78 is 10.6. The summed E-state index contributed by atoms with van der Waals surface area (Å²) in [5, 5.41) is 0.749. The Hall–Kier alpha value is -3.06. The summed E-state index contributed by atoms with van der Waals surface area (Å²) in [6.07, 6.45) is 1.87. The fraction of sp³-hybridized carbons (Fsp3) is 0.261. The zero-order chi connectivity index (χ0) is 21.5. The Morgan fingerprint density at radius 1 is 1.17 bits per heavy atom. The molecule has 1 amide bonds. The van der Waals surface area contributed by atoms with Gasteiger partial charge in [-0.25, -0.2) is 4.79 Å². The van der Waals surface area contributed by atoms with Crippen molar-refractivity contribution >= 4 is 34.9 Å². The van der Waals surface area contributed by atoms with Crippen LogP contribution < -0.4 is 4.74 Å². The molecule has 2 aromatic rings. The number of ether oxygens (including phenoxy) is 2. The lowest BCUT2D eigenvalue weighted by Crippen LogP contribution is -2.28. The molecule has 0 bridgehead atoms. The number of carbonyl (C=O) groups is 2. The smallest absolute Gasteiger partial charge is 0.337 e. The molecule has 0 radical (unpaired) electrons. The highest BCUT2D eigenvalue weighted by Gasteiger charge is 2.31. The number of benzene rings is 2. The molecule has 6 nitrogen and oxygen atoms in total. The quantitative estimate of drug-likeness (QED) is 0.488. The van der Waals surface area contributed by atoms with Gasteiger partial charge in [-0.1, -0.05) is 24.3 Å². The van der Waals surface area contributed by atoms with Crippen molar-refractivity contribution in [3.63, 3.8) is 0 Å². The van der Waals surface area contributed by atoms with E-state index in [2.05, 4.69) is 4.99 Å². The Morgan fingerprint density at radius 3 is 2.60 bits per heavy atom. The number of hydrogen-bond acceptors (Lipinski definition) is 6. The van der Waals surface area contributed by atoms with Gasteiger partial charge in [-0.05, 0) is 67.1 Å². The summed E-state index contributed by atoms with van der Waals surface area (Å²) in [7, 11) is 1.36. The van der Waals surface area contributed by atoms with E-state index in [4.69, 9.17) is 9.47 Å². The lowest BCUT2D eigenvalue weighted by molar-refractivity contribution is -0.122. The third kappa shape index (κ3) is 5.10. The van der Waals surface area contributed by atoms with Crippen LogP contribution in [0.4, 0.5) is 0 Å². The average molecular weight is 425 g/mol. The molecule has 0 aromatic heterocycles. The summed E-state index contributed by atoms with van der Waals surface area (Å²) in [5.74, 6) is 0.315. The number of methoxy groups -OCH3 is 1. The van der Waals surface area contributed by atoms with Gasteiger partial charge in [0.1, 0.15) is 12.4 Å². The SMILES string of the molecule is CCN=C1SC(=Cc2cccc(OCc3ccc(C(=O)OC)cc3)c2)C(=O)N1CC. The number of rotatable bonds is 7. The van der Waals surface area contributed by atoms with Crippen molar-refractivity contribution in [2.24, 2.45) is 4.99 Å². The number of thioether (sulfide) groups is 1. The molecule has 156 valence electrons. The van der Waals surface area contributed by atoms with Gasteiger partial charge in [-0.15, -0.1) is 0 Å². The second-order valence-corrected chi connectivity index (χ2v) is 7.48. The van der Waals surface area contributed by atoms with Gasteiger partial charge in [-0.3, -0.25) is 14.7 Å². The molecular formula is C23H24N2O4S. The lowest BCUT2D eigenvalue weighted by atomic mass is 10.1. The number of nitrogens with zero attached hydrogens (tertiary/aromatic N) is 2. The molecular weight excluding hydrogens is 400 g/mol. The van der Waals surface area contributed by atoms with Gasteiger partial charge in [0.15, 0.2) is 5.17 Å². The molecule has 30 heavy (non-hydrogen) atoms. The molecule has 1 aliphatic heterocycles. The van der Waals surface area contributed by atoms with Crippen molar-refractivity contribution in [3.05, 3.63) is 70.1 Å². The summed E-state index contributed by atoms with van der Waals surface area (Å²) >= 11 is 1.40. The molecule has 0 saturated carbocycles. The Bertz CT molecular complexity index is 983. The van der Waals surface area contributed by atoms with Crippen LogP contribution in [0.15, 0.2) is 58.4 Å². The van der Waals surface area contributed by atoms with Gasteiger partial charge < -0.3 is 9.47 Å². The van der Waals surface area contributed by atoms with E-state index in [1.54, 1.807) is 17.0 Å². The molecule has 0 spiro atoms. The van der Waals surface area contributed by atoms with Gasteiger partial charge in [0.2, 0.25) is 0 Å². The molecule has 1 saturated heterocycles. The first-order chi connectivity index (χ1) is 14.5. The van der Waals surface area contributed by atoms with Gasteiger partial charge in [0.05, 0.1) is 17.6 Å². The number of aliphatic imine (C=N–C) groups is 1. The fourth-order valence-corrected chi connectivity index (χ4v) is 4.01. The highest BCUT2D eigenvalue weighted by atomic mass is 32.2. The summed E-state index contributed by atoms with van der Waals surface area (Å²) in [6, 6.07) is 14.7. The topological polar surface area (TPSA) is 68.2 Å². The maximum atomic E-state index is 12.6. The van der Waals surface area contributed by atoms with Crippen molar-refractivity contribution in [2.75, 3.05) is 20.2 Å². The van der Waals surface area contributed by atoms with E-state index in [0.717, 1.165) is 16.3 Å². The largest absolute Gasteiger partial charge is 0.489 e. The van der Waals surface area contributed by atoms with E-state index < -0.39 is 0 Å². The maximum Gasteiger partial charge on any atom is 0.337 e. The molecule has 1 aliphatic rings. The number of hydrogen-bond donors (Lipinski definition) is 0. The van der Waals surface area contributed by atoms with Crippen molar-refractivity contribution in [3.8, 4) is 5.75 Å². The maximum absolute atomic E-state index is 12.6. The van der Waals surface area contributed by atoms with Crippen LogP contribution >= 0.6 is 11.8 Å². The van der Waals surface area contributed by atoms with E-state index in [1.807, 2.05) is 56.3 Å². The minimum Gasteiger partial charge on any atom is -0.489 e. The van der Waals surface area contributed by atoms with Crippen LogP contribution in [0, 0.1) is 0 Å². The first-order valence-electron chi connectivity index (χ1n) is 9.71. The van der Waals surface area contributed by atoms with Gasteiger partial charge in [0.25, 0.3) is 5.91 Å². The predicted octanol–water partition coefficient (Wildman–Crippen LogP) is 4.36. The average Bonchev–Trinajstić information content (AvgIpc) is 3.06. The van der Waals surface area contributed by atoms with Crippen LogP contribution in [0.25, 0.3) is 6.08 Å². The van der Waals surface area contributed by atoms with Crippen LogP contribution in [0.3, 0.4) is 0 Å². The molecule has 2 aromatic carbocycles. The van der Waals surface area contributed by atoms with E-state index in [-0.39, 0.29) is 11.9 Å². The third-order valence-electron chi connectivity index (χ3n) is 4.43. The molecule has 0 N–H and O–H groups in total. The monoisotopic (exact) mass is 424 g/mol. The summed E-state index contributed by atoms with van der Waals surface area (Å²) in [5.41, 5.74) is 2.32. The van der Waals surface area contributed by atoms with Crippen LogP contribution in [0.5, 0.6) is 5.75 Å². The lowest BCUT2D eigenvalue weighted by Gasteiger charge is -2.11. The molecule has 0 aliphatic carbocycles. The fourth-order valence-electron chi connectivity index (χ4n) is 2.91. The minimum absolute atomic E-state index is 0.0216. The first-order valence-corrected chi connectivity index (χ1v) is 10.5. The normalized spacial score (nSPS) is 16.4. The van der Waals surface area contributed by atoms with Gasteiger partial charge in [0, 0.05) is 13.1 Å². The highest BCUT2D eigenvalue weighted by molar-refractivity contribution is 8.18. The highest BCUT2D eigenvalue weighted by Crippen LogP contribution is 2.32. The predicted molar refractivity (Wildman–Crippen MR) is 119 cm³/mol. The summed E-state index contributed by atoms with van der Waals surface area (Å²) in [4.78, 5) is 30.9. The van der Waals surface area contributed by atoms with E-state index in [9.17, 15) is 9.59 Å². The van der Waals surface area contributed by atoms with Crippen molar-refractivity contribution in [2.45, 2.75) is 20.5 Å². The molecule has 1 fully saturated rings. The number of amidine groups is 1. The van der Waals surface area contributed by atoms with Gasteiger partial charge in [-0.2, -0.15) is 0 Å². The number of amides is 1. The van der Waals surface area contributed by atoms with Crippen LogP contribution in [0.1, 0.15) is 35.3 Å². The Balaban J connectivity index is 1.69. The summed E-state index contributed by atoms with van der Waals surface area (Å²) in [6.45, 7) is 5.51. The molecule has 0 unspecified atom stereocenters. The Morgan fingerprint density at radius 2 is 1.93 bits per heavy atom. The van der Waals surface area contributed by atoms with Crippen molar-refractivity contribution < 1.29 is 19.1 Å². The number of carbonyl (C=O) groups excluding carboxylic acids is 2. The second-order valence-electron chi connectivity index (χ2n) is 6.47. The Labute approximate surface area is 180 Å². The minimum atomic E-state index is -0.365. The number of likely N-dealkylation sites (N-methyl/N-ethyl adjacent to an activating group) is 1. The van der Waals surface area contributed by atoms with Gasteiger partial charge >= 0.3 is 5.97 Å².